The number of aliphatic hydroxyl groups is 1. The van der Waals surface area contributed by atoms with E-state index < -0.39 is 0 Å². The zero-order valence-electron chi connectivity index (χ0n) is 15.1. The van der Waals surface area contributed by atoms with Crippen molar-refractivity contribution in [3.05, 3.63) is 36.0 Å². The molecule has 1 fully saturated rings. The van der Waals surface area contributed by atoms with Crippen molar-refractivity contribution in [1.82, 2.24) is 20.4 Å². The van der Waals surface area contributed by atoms with Crippen LogP contribution in [0.25, 0.3) is 11.3 Å². The number of rotatable bonds is 7. The van der Waals surface area contributed by atoms with Crippen LogP contribution in [0.5, 0.6) is 5.75 Å². The number of benzene rings is 1. The molecule has 2 heterocycles. The highest BCUT2D eigenvalue weighted by Crippen LogP contribution is 2.25. The Kier molecular flexibility index (Phi) is 6.25. The van der Waals surface area contributed by atoms with Crippen molar-refractivity contribution in [3.63, 3.8) is 0 Å². The number of nitrogens with one attached hydrogen (secondary N) is 2. The van der Waals surface area contributed by atoms with Gasteiger partial charge >= 0.3 is 0 Å². The number of H-pyrrole nitrogens is 1. The normalized spacial score (nSPS) is 17.8. The number of amides is 1. The van der Waals surface area contributed by atoms with Gasteiger partial charge in [0.15, 0.2) is 0 Å². The van der Waals surface area contributed by atoms with E-state index in [-0.39, 0.29) is 18.6 Å². The Morgan fingerprint density at radius 3 is 3.15 bits per heavy atom. The monoisotopic (exact) mass is 358 g/mol. The average Bonchev–Trinajstić information content (AvgIpc) is 3.18. The first-order valence-corrected chi connectivity index (χ1v) is 9.04. The summed E-state index contributed by atoms with van der Waals surface area (Å²) < 4.78 is 5.25. The van der Waals surface area contributed by atoms with Crippen molar-refractivity contribution in [1.29, 1.82) is 0 Å². The van der Waals surface area contributed by atoms with Crippen LogP contribution >= 0.6 is 0 Å². The average molecular weight is 358 g/mol. The molecule has 0 bridgehead atoms. The minimum atomic E-state index is -0.158. The van der Waals surface area contributed by atoms with Crippen molar-refractivity contribution in [3.8, 4) is 17.0 Å². The predicted octanol–water partition coefficient (Wildman–Crippen LogP) is 1.66. The first-order chi connectivity index (χ1) is 12.7. The Labute approximate surface area is 153 Å². The standard InChI is InChI=1S/C19H26N4O3/c1-26-16-7-4-5-14(11-16)18-17(12-21-22-18)19(25)20-8-10-23-9-3-2-6-15(23)13-24/h4-5,7,11-12,15,24H,2-3,6,8-10,13H2,1H3,(H,20,25)(H,21,22). The molecule has 3 N–H and O–H groups in total. The van der Waals surface area contributed by atoms with Gasteiger partial charge in [-0.05, 0) is 31.5 Å². The lowest BCUT2D eigenvalue weighted by Crippen LogP contribution is -2.45. The first-order valence-electron chi connectivity index (χ1n) is 9.04. The SMILES string of the molecule is COc1cccc(-c2[nH]ncc2C(=O)NCCN2CCCCC2CO)c1. The number of aliphatic hydroxyl groups excluding tert-OH is 1. The highest BCUT2D eigenvalue weighted by atomic mass is 16.5. The fourth-order valence-electron chi connectivity index (χ4n) is 3.43. The maximum atomic E-state index is 12.6. The summed E-state index contributed by atoms with van der Waals surface area (Å²) in [5, 5.41) is 19.4. The summed E-state index contributed by atoms with van der Waals surface area (Å²) in [4.78, 5) is 14.8. The molecule has 0 radical (unpaired) electrons. The van der Waals surface area contributed by atoms with Gasteiger partial charge < -0.3 is 15.2 Å². The van der Waals surface area contributed by atoms with E-state index in [4.69, 9.17) is 4.74 Å². The van der Waals surface area contributed by atoms with E-state index >= 15 is 0 Å². The zero-order chi connectivity index (χ0) is 18.4. The maximum absolute atomic E-state index is 12.6. The third kappa shape index (κ3) is 4.23. The van der Waals surface area contributed by atoms with Crippen molar-refractivity contribution < 1.29 is 14.6 Å². The molecule has 0 aliphatic carbocycles. The third-order valence-electron chi connectivity index (χ3n) is 4.89. The third-order valence-corrected chi connectivity index (χ3v) is 4.89. The minimum Gasteiger partial charge on any atom is -0.497 e. The zero-order valence-corrected chi connectivity index (χ0v) is 15.1. The molecule has 1 saturated heterocycles. The number of ether oxygens (including phenoxy) is 1. The molecule has 0 spiro atoms. The van der Waals surface area contributed by atoms with Crippen molar-refractivity contribution >= 4 is 5.91 Å². The van der Waals surface area contributed by atoms with Crippen molar-refractivity contribution in [2.24, 2.45) is 0 Å². The molecule has 1 unspecified atom stereocenters. The van der Waals surface area contributed by atoms with E-state index in [1.54, 1.807) is 13.3 Å². The van der Waals surface area contributed by atoms with Gasteiger partial charge in [0, 0.05) is 24.7 Å². The van der Waals surface area contributed by atoms with Gasteiger partial charge in [0.05, 0.1) is 31.2 Å². The number of likely N-dealkylation sites (tertiary alicyclic amines) is 1. The lowest BCUT2D eigenvalue weighted by Gasteiger charge is -2.34. The summed E-state index contributed by atoms with van der Waals surface area (Å²) in [5.41, 5.74) is 2.03. The summed E-state index contributed by atoms with van der Waals surface area (Å²) in [6.45, 7) is 2.43. The van der Waals surface area contributed by atoms with Crippen LogP contribution in [0.15, 0.2) is 30.5 Å². The first kappa shape index (κ1) is 18.4. The molecule has 1 atom stereocenters. The van der Waals surface area contributed by atoms with Crippen LogP contribution in [0.1, 0.15) is 29.6 Å². The number of piperidine rings is 1. The van der Waals surface area contributed by atoms with E-state index in [1.807, 2.05) is 24.3 Å². The second-order valence-electron chi connectivity index (χ2n) is 6.51. The number of methoxy groups -OCH3 is 1. The van der Waals surface area contributed by atoms with Crippen LogP contribution in [0.2, 0.25) is 0 Å². The van der Waals surface area contributed by atoms with Gasteiger partial charge in [-0.15, -0.1) is 0 Å². The molecular formula is C19H26N4O3. The number of aromatic amines is 1. The van der Waals surface area contributed by atoms with Crippen LogP contribution in [0.3, 0.4) is 0 Å². The molecule has 140 valence electrons. The second kappa shape index (κ2) is 8.82. The van der Waals surface area contributed by atoms with Crippen LogP contribution in [0.4, 0.5) is 0 Å². The summed E-state index contributed by atoms with van der Waals surface area (Å²) in [6, 6.07) is 7.72. The van der Waals surface area contributed by atoms with Crippen LogP contribution in [0, 0.1) is 0 Å². The van der Waals surface area contributed by atoms with Crippen molar-refractivity contribution in [2.75, 3.05) is 33.4 Å². The molecule has 1 aromatic carbocycles. The molecule has 7 heteroatoms. The summed E-state index contributed by atoms with van der Waals surface area (Å²) in [7, 11) is 1.61. The quantitative estimate of drug-likeness (QED) is 0.700. The number of nitrogens with zero attached hydrogens (tertiary/aromatic N) is 2. The van der Waals surface area contributed by atoms with Crippen LogP contribution in [-0.4, -0.2) is 65.5 Å². The lowest BCUT2D eigenvalue weighted by atomic mass is 10.0. The highest BCUT2D eigenvalue weighted by molar-refractivity contribution is 5.99. The molecule has 0 saturated carbocycles. The van der Waals surface area contributed by atoms with Crippen LogP contribution in [-0.2, 0) is 0 Å². The second-order valence-corrected chi connectivity index (χ2v) is 6.51. The Morgan fingerprint density at radius 2 is 2.35 bits per heavy atom. The van der Waals surface area contributed by atoms with Gasteiger partial charge in [-0.25, -0.2) is 0 Å². The summed E-state index contributed by atoms with van der Waals surface area (Å²) in [6.07, 6.45) is 4.87. The number of carbonyl (C=O) groups is 1. The lowest BCUT2D eigenvalue weighted by molar-refractivity contribution is 0.0849. The fraction of sp³-hybridized carbons (Fsp3) is 0.474. The van der Waals surface area contributed by atoms with E-state index in [9.17, 15) is 9.90 Å². The largest absolute Gasteiger partial charge is 0.497 e. The van der Waals surface area contributed by atoms with Gasteiger partial charge in [-0.1, -0.05) is 18.6 Å². The molecule has 1 aliphatic rings. The Hall–Kier alpha value is -2.38. The van der Waals surface area contributed by atoms with Gasteiger partial charge in [0.2, 0.25) is 0 Å². The van der Waals surface area contributed by atoms with Gasteiger partial charge in [0.1, 0.15) is 5.75 Å². The molecule has 1 aromatic heterocycles. The molecule has 7 nitrogen and oxygen atoms in total. The van der Waals surface area contributed by atoms with E-state index in [2.05, 4.69) is 20.4 Å². The summed E-state index contributed by atoms with van der Waals surface area (Å²) in [5.74, 6) is 0.567. The minimum absolute atomic E-state index is 0.158. The fourth-order valence-corrected chi connectivity index (χ4v) is 3.43. The Balaban J connectivity index is 1.61. The number of hydrogen-bond donors (Lipinski definition) is 3. The number of hydrogen-bond acceptors (Lipinski definition) is 5. The molecule has 1 aliphatic heterocycles. The van der Waals surface area contributed by atoms with E-state index in [1.165, 1.54) is 0 Å². The number of aromatic nitrogens is 2. The Bertz CT molecular complexity index is 731. The molecule has 26 heavy (non-hydrogen) atoms. The molecular weight excluding hydrogens is 332 g/mol. The number of carbonyl (C=O) groups excluding carboxylic acids is 1. The predicted molar refractivity (Wildman–Crippen MR) is 99.2 cm³/mol. The van der Waals surface area contributed by atoms with E-state index in [0.717, 1.165) is 43.7 Å². The van der Waals surface area contributed by atoms with Crippen molar-refractivity contribution in [2.45, 2.75) is 25.3 Å². The smallest absolute Gasteiger partial charge is 0.255 e. The van der Waals surface area contributed by atoms with Gasteiger partial charge in [0.25, 0.3) is 5.91 Å². The molecule has 2 aromatic rings. The van der Waals surface area contributed by atoms with Crippen LogP contribution < -0.4 is 10.1 Å². The highest BCUT2D eigenvalue weighted by Gasteiger charge is 2.21. The maximum Gasteiger partial charge on any atom is 0.255 e. The van der Waals surface area contributed by atoms with Gasteiger partial charge in [-0.2, -0.15) is 5.10 Å². The summed E-state index contributed by atoms with van der Waals surface area (Å²) >= 11 is 0. The van der Waals surface area contributed by atoms with E-state index in [0.29, 0.717) is 17.8 Å². The molecule has 1 amide bonds. The topological polar surface area (TPSA) is 90.5 Å². The molecule has 3 rings (SSSR count). The van der Waals surface area contributed by atoms with Gasteiger partial charge in [-0.3, -0.25) is 14.8 Å². The Morgan fingerprint density at radius 1 is 1.46 bits per heavy atom.